The molecule has 0 aromatic carbocycles. The molecule has 0 aromatic rings. The first kappa shape index (κ1) is 16.2. The Morgan fingerprint density at radius 3 is 2.82 bits per heavy atom. The minimum Gasteiger partial charge on any atom is -0.369 e. The van der Waals surface area contributed by atoms with Crippen LogP contribution in [-0.4, -0.2) is 73.3 Å². The minimum atomic E-state index is -0.737. The van der Waals surface area contributed by atoms with Crippen LogP contribution in [0.25, 0.3) is 0 Å². The number of fused-ring (bicyclic) bond motifs is 1. The number of ether oxygens (including phenoxy) is 2. The van der Waals surface area contributed by atoms with Gasteiger partial charge in [0.2, 0.25) is 0 Å². The van der Waals surface area contributed by atoms with Gasteiger partial charge in [-0.3, -0.25) is 4.79 Å². The Kier molecular flexibility index (Phi) is 4.03. The van der Waals surface area contributed by atoms with Crippen LogP contribution in [0.15, 0.2) is 0 Å². The smallest absolute Gasteiger partial charge is 0.254 e. The summed E-state index contributed by atoms with van der Waals surface area (Å²) in [4.78, 5) is 17.1. The van der Waals surface area contributed by atoms with Crippen molar-refractivity contribution in [3.8, 4) is 0 Å². The highest BCUT2D eigenvalue weighted by Gasteiger charge is 2.64. The second kappa shape index (κ2) is 5.46. The molecular formula is C17H30N2O3. The van der Waals surface area contributed by atoms with E-state index in [4.69, 9.17) is 9.47 Å². The first-order chi connectivity index (χ1) is 10.3. The third-order valence-corrected chi connectivity index (χ3v) is 5.67. The summed E-state index contributed by atoms with van der Waals surface area (Å²) in [6.45, 7) is 8.86. The van der Waals surface area contributed by atoms with Gasteiger partial charge in [-0.25, -0.2) is 0 Å². The molecule has 0 unspecified atom stereocenters. The molecule has 5 heteroatoms. The summed E-state index contributed by atoms with van der Waals surface area (Å²) in [7, 11) is 4.24. The Hall–Kier alpha value is -0.650. The molecule has 4 atom stereocenters. The summed E-state index contributed by atoms with van der Waals surface area (Å²) in [5.41, 5.74) is -0.817. The van der Waals surface area contributed by atoms with E-state index in [0.29, 0.717) is 24.5 Å². The zero-order valence-corrected chi connectivity index (χ0v) is 14.6. The number of rotatable bonds is 5. The van der Waals surface area contributed by atoms with Crippen LogP contribution in [0.3, 0.4) is 0 Å². The molecule has 3 rings (SSSR count). The zero-order valence-electron chi connectivity index (χ0n) is 14.6. The van der Waals surface area contributed by atoms with E-state index >= 15 is 0 Å². The van der Waals surface area contributed by atoms with E-state index in [0.717, 1.165) is 32.5 Å². The van der Waals surface area contributed by atoms with Crippen molar-refractivity contribution >= 4 is 5.91 Å². The number of hydrogen-bond acceptors (Lipinski definition) is 4. The number of amides is 1. The average Bonchev–Trinajstić information content (AvgIpc) is 3.06. The summed E-state index contributed by atoms with van der Waals surface area (Å²) in [6, 6.07) is 0. The van der Waals surface area contributed by atoms with Crippen molar-refractivity contribution in [1.29, 1.82) is 0 Å². The van der Waals surface area contributed by atoms with Crippen molar-refractivity contribution in [3.05, 3.63) is 0 Å². The molecule has 3 fully saturated rings. The van der Waals surface area contributed by atoms with Crippen LogP contribution in [0.4, 0.5) is 0 Å². The van der Waals surface area contributed by atoms with Crippen LogP contribution in [0.5, 0.6) is 0 Å². The van der Waals surface area contributed by atoms with Crippen molar-refractivity contribution in [2.24, 2.45) is 11.8 Å². The van der Waals surface area contributed by atoms with Gasteiger partial charge in [-0.1, -0.05) is 0 Å². The zero-order chi connectivity index (χ0) is 16.1. The lowest BCUT2D eigenvalue weighted by atomic mass is 9.73. The second-order valence-corrected chi connectivity index (χ2v) is 7.92. The first-order valence-electron chi connectivity index (χ1n) is 8.55. The fourth-order valence-electron chi connectivity index (χ4n) is 4.81. The maximum absolute atomic E-state index is 12.8. The van der Waals surface area contributed by atoms with Crippen LogP contribution in [0.2, 0.25) is 0 Å². The van der Waals surface area contributed by atoms with E-state index in [1.54, 1.807) is 0 Å². The van der Waals surface area contributed by atoms with Crippen molar-refractivity contribution in [2.75, 3.05) is 40.3 Å². The molecule has 3 saturated heterocycles. The largest absolute Gasteiger partial charge is 0.369 e. The molecule has 0 radical (unpaired) electrons. The standard InChI is InChI=1S/C17H30N2O3/c1-6-21-16(2,3)15(20)19-10-13-12(9-18(4)5)14-7-8-17(13,11-19)22-14/h12-14H,6-11H2,1-5H3/t12-,13+,14+,17+/m0/s1. The predicted molar refractivity (Wildman–Crippen MR) is 84.7 cm³/mol. The molecule has 5 nitrogen and oxygen atoms in total. The topological polar surface area (TPSA) is 42.0 Å². The fourth-order valence-corrected chi connectivity index (χ4v) is 4.81. The number of carbonyl (C=O) groups is 1. The molecule has 2 bridgehead atoms. The van der Waals surface area contributed by atoms with E-state index < -0.39 is 5.60 Å². The van der Waals surface area contributed by atoms with Crippen LogP contribution >= 0.6 is 0 Å². The lowest BCUT2D eigenvalue weighted by molar-refractivity contribution is -0.154. The van der Waals surface area contributed by atoms with E-state index in [9.17, 15) is 4.79 Å². The van der Waals surface area contributed by atoms with Crippen molar-refractivity contribution in [1.82, 2.24) is 9.80 Å². The van der Waals surface area contributed by atoms with E-state index in [1.165, 1.54) is 0 Å². The van der Waals surface area contributed by atoms with Crippen molar-refractivity contribution in [2.45, 2.75) is 50.9 Å². The number of likely N-dealkylation sites (tertiary alicyclic amines) is 1. The Balaban J connectivity index is 1.74. The molecule has 3 aliphatic rings. The van der Waals surface area contributed by atoms with Crippen LogP contribution < -0.4 is 0 Å². The first-order valence-corrected chi connectivity index (χ1v) is 8.55. The van der Waals surface area contributed by atoms with Gasteiger partial charge in [0.25, 0.3) is 5.91 Å². The van der Waals surface area contributed by atoms with Gasteiger partial charge >= 0.3 is 0 Å². The molecular weight excluding hydrogens is 280 g/mol. The molecule has 22 heavy (non-hydrogen) atoms. The lowest BCUT2D eigenvalue weighted by Crippen LogP contribution is -2.47. The maximum atomic E-state index is 12.8. The SMILES string of the molecule is CCOC(C)(C)C(=O)N1C[C@@H]2[C@H](CN(C)C)[C@H]3CC[C@]2(C1)O3. The summed E-state index contributed by atoms with van der Waals surface area (Å²) < 4.78 is 12.0. The number of nitrogens with zero attached hydrogens (tertiary/aromatic N) is 2. The predicted octanol–water partition coefficient (Wildman–Crippen LogP) is 1.37. The van der Waals surface area contributed by atoms with Crippen LogP contribution in [-0.2, 0) is 14.3 Å². The van der Waals surface area contributed by atoms with E-state index in [2.05, 4.69) is 19.0 Å². The van der Waals surface area contributed by atoms with E-state index in [1.807, 2.05) is 25.7 Å². The van der Waals surface area contributed by atoms with Gasteiger partial charge in [0.05, 0.1) is 18.2 Å². The molecule has 0 aromatic heterocycles. The second-order valence-electron chi connectivity index (χ2n) is 7.92. The fraction of sp³-hybridized carbons (Fsp3) is 0.941. The Morgan fingerprint density at radius 1 is 1.45 bits per heavy atom. The van der Waals surface area contributed by atoms with Crippen LogP contribution in [0, 0.1) is 11.8 Å². The van der Waals surface area contributed by atoms with Crippen LogP contribution in [0.1, 0.15) is 33.6 Å². The lowest BCUT2D eigenvalue weighted by Gasteiger charge is -2.31. The molecule has 0 N–H and O–H groups in total. The Morgan fingerprint density at radius 2 is 2.18 bits per heavy atom. The monoisotopic (exact) mass is 310 g/mol. The highest BCUT2D eigenvalue weighted by atomic mass is 16.5. The number of carbonyl (C=O) groups excluding carboxylic acids is 1. The molecule has 3 heterocycles. The van der Waals surface area contributed by atoms with Gasteiger partial charge in [-0.05, 0) is 47.7 Å². The van der Waals surface area contributed by atoms with Gasteiger partial charge in [0.15, 0.2) is 0 Å². The number of hydrogen-bond donors (Lipinski definition) is 0. The maximum Gasteiger partial charge on any atom is 0.254 e. The summed E-state index contributed by atoms with van der Waals surface area (Å²) >= 11 is 0. The highest BCUT2D eigenvalue weighted by molar-refractivity contribution is 5.85. The third kappa shape index (κ3) is 2.47. The summed E-state index contributed by atoms with van der Waals surface area (Å²) in [5.74, 6) is 1.14. The van der Waals surface area contributed by atoms with Crippen molar-refractivity contribution < 1.29 is 14.3 Å². The normalized spacial score (nSPS) is 37.2. The molecule has 0 saturated carbocycles. The van der Waals surface area contributed by atoms with Gasteiger partial charge in [-0.15, -0.1) is 0 Å². The minimum absolute atomic E-state index is 0.0801. The Bertz CT molecular complexity index is 451. The molecule has 1 amide bonds. The Labute approximate surface area is 133 Å². The van der Waals surface area contributed by atoms with Gasteiger partial charge < -0.3 is 19.3 Å². The summed E-state index contributed by atoms with van der Waals surface area (Å²) in [6.07, 6.45) is 2.64. The molecule has 1 spiro atoms. The van der Waals surface area contributed by atoms with Gasteiger partial charge in [-0.2, -0.15) is 0 Å². The van der Waals surface area contributed by atoms with E-state index in [-0.39, 0.29) is 11.5 Å². The third-order valence-electron chi connectivity index (χ3n) is 5.67. The van der Waals surface area contributed by atoms with Gasteiger partial charge in [0.1, 0.15) is 5.60 Å². The summed E-state index contributed by atoms with van der Waals surface area (Å²) in [5, 5.41) is 0. The molecule has 126 valence electrons. The quantitative estimate of drug-likeness (QED) is 0.769. The van der Waals surface area contributed by atoms with Crippen molar-refractivity contribution in [3.63, 3.8) is 0 Å². The van der Waals surface area contributed by atoms with Gasteiger partial charge in [0, 0.05) is 31.5 Å². The highest BCUT2D eigenvalue weighted by Crippen LogP contribution is 2.55. The molecule has 0 aliphatic carbocycles. The average molecular weight is 310 g/mol. The molecule has 3 aliphatic heterocycles.